The first-order chi connectivity index (χ1) is 11.1. The normalized spacial score (nSPS) is 18.2. The van der Waals surface area contributed by atoms with E-state index in [1.165, 1.54) is 6.26 Å². The molecule has 122 valence electrons. The number of aryl methyl sites for hydroxylation is 2. The van der Waals surface area contributed by atoms with E-state index in [9.17, 15) is 9.59 Å². The summed E-state index contributed by atoms with van der Waals surface area (Å²) in [7, 11) is 0. The van der Waals surface area contributed by atoms with Crippen LogP contribution < -0.4 is 0 Å². The third-order valence-corrected chi connectivity index (χ3v) is 4.07. The van der Waals surface area contributed by atoms with Crippen molar-refractivity contribution in [1.29, 1.82) is 0 Å². The number of rotatable bonds is 4. The van der Waals surface area contributed by atoms with Crippen molar-refractivity contribution in [3.63, 3.8) is 0 Å². The molecule has 1 amide bonds. The van der Waals surface area contributed by atoms with Gasteiger partial charge in [0, 0.05) is 18.7 Å². The Morgan fingerprint density at radius 3 is 2.87 bits per heavy atom. The predicted molar refractivity (Wildman–Crippen MR) is 83.6 cm³/mol. The molecule has 1 aliphatic rings. The lowest BCUT2D eigenvalue weighted by atomic mass is 10.1. The zero-order valence-electron chi connectivity index (χ0n) is 13.3. The summed E-state index contributed by atoms with van der Waals surface area (Å²) in [5.74, 6) is 0.105. The summed E-state index contributed by atoms with van der Waals surface area (Å²) in [6.07, 6.45) is 1.66. The van der Waals surface area contributed by atoms with Crippen LogP contribution in [0.3, 0.4) is 0 Å². The van der Waals surface area contributed by atoms with E-state index in [2.05, 4.69) is 4.98 Å². The van der Waals surface area contributed by atoms with Crippen molar-refractivity contribution in [3.05, 3.63) is 47.2 Å². The largest absolute Gasteiger partial charge is 0.461 e. The Kier molecular flexibility index (Phi) is 4.34. The Morgan fingerprint density at radius 2 is 2.22 bits per heavy atom. The summed E-state index contributed by atoms with van der Waals surface area (Å²) in [5.41, 5.74) is 2.44. The van der Waals surface area contributed by atoms with Gasteiger partial charge in [-0.05, 0) is 37.6 Å². The van der Waals surface area contributed by atoms with Crippen LogP contribution in [0.25, 0.3) is 0 Å². The minimum Gasteiger partial charge on any atom is -0.461 e. The molecule has 23 heavy (non-hydrogen) atoms. The van der Waals surface area contributed by atoms with Crippen molar-refractivity contribution in [1.82, 2.24) is 9.88 Å². The van der Waals surface area contributed by atoms with Gasteiger partial charge in [-0.15, -0.1) is 0 Å². The van der Waals surface area contributed by atoms with Crippen LogP contribution in [-0.2, 0) is 4.74 Å². The van der Waals surface area contributed by atoms with E-state index in [0.717, 1.165) is 11.3 Å². The van der Waals surface area contributed by atoms with Gasteiger partial charge < -0.3 is 19.0 Å². The zero-order valence-corrected chi connectivity index (χ0v) is 13.3. The van der Waals surface area contributed by atoms with Crippen LogP contribution in [0.4, 0.5) is 0 Å². The van der Waals surface area contributed by atoms with Crippen molar-refractivity contribution in [2.45, 2.75) is 26.3 Å². The number of H-pyrrole nitrogens is 1. The summed E-state index contributed by atoms with van der Waals surface area (Å²) in [6, 6.07) is 4.98. The van der Waals surface area contributed by atoms with Gasteiger partial charge in [0.25, 0.3) is 5.91 Å². The molecule has 0 aromatic carbocycles. The van der Waals surface area contributed by atoms with Gasteiger partial charge in [0.05, 0.1) is 25.5 Å². The highest BCUT2D eigenvalue weighted by molar-refractivity contribution is 5.96. The minimum absolute atomic E-state index is 0.0869. The first-order valence-corrected chi connectivity index (χ1v) is 7.68. The summed E-state index contributed by atoms with van der Waals surface area (Å²) < 4.78 is 10.6. The molecule has 6 nitrogen and oxygen atoms in total. The van der Waals surface area contributed by atoms with Gasteiger partial charge in [0.2, 0.25) is 0 Å². The van der Waals surface area contributed by atoms with Gasteiger partial charge in [0.15, 0.2) is 11.5 Å². The smallest absolute Gasteiger partial charge is 0.270 e. The van der Waals surface area contributed by atoms with E-state index in [1.807, 2.05) is 19.9 Å². The van der Waals surface area contributed by atoms with E-state index in [0.29, 0.717) is 31.2 Å². The predicted octanol–water partition coefficient (Wildman–Crippen LogP) is 2.34. The molecule has 0 saturated carbocycles. The molecule has 0 radical (unpaired) electrons. The Bertz CT molecular complexity index is 702. The summed E-state index contributed by atoms with van der Waals surface area (Å²) in [6.45, 7) is 5.14. The number of carbonyl (C=O) groups is 2. The second-order valence-corrected chi connectivity index (χ2v) is 5.84. The molecule has 0 aliphatic carbocycles. The average molecular weight is 316 g/mol. The molecule has 1 fully saturated rings. The fraction of sp³-hybridized carbons (Fsp3) is 0.412. The maximum absolute atomic E-state index is 12.8. The first-order valence-electron chi connectivity index (χ1n) is 7.68. The van der Waals surface area contributed by atoms with Crippen molar-refractivity contribution in [2.75, 3.05) is 19.8 Å². The van der Waals surface area contributed by atoms with Gasteiger partial charge >= 0.3 is 0 Å². The third kappa shape index (κ3) is 3.22. The number of ether oxygens (including phenoxy) is 1. The van der Waals surface area contributed by atoms with Crippen LogP contribution in [0, 0.1) is 13.8 Å². The van der Waals surface area contributed by atoms with Crippen LogP contribution in [0.2, 0.25) is 0 Å². The summed E-state index contributed by atoms with van der Waals surface area (Å²) >= 11 is 0. The second kappa shape index (κ2) is 6.42. The topological polar surface area (TPSA) is 75.5 Å². The molecule has 1 aliphatic heterocycles. The van der Waals surface area contributed by atoms with Gasteiger partial charge in [-0.25, -0.2) is 0 Å². The molecule has 6 heteroatoms. The van der Waals surface area contributed by atoms with Crippen molar-refractivity contribution in [3.8, 4) is 0 Å². The third-order valence-electron chi connectivity index (χ3n) is 4.07. The van der Waals surface area contributed by atoms with Gasteiger partial charge in [-0.2, -0.15) is 0 Å². The number of furan rings is 1. The van der Waals surface area contributed by atoms with E-state index in [4.69, 9.17) is 9.15 Å². The lowest BCUT2D eigenvalue weighted by Gasteiger charge is -2.35. The Morgan fingerprint density at radius 1 is 1.39 bits per heavy atom. The van der Waals surface area contributed by atoms with E-state index in [1.54, 1.807) is 17.0 Å². The quantitative estimate of drug-likeness (QED) is 0.879. The molecule has 2 aromatic heterocycles. The molecule has 3 rings (SSSR count). The number of nitrogens with one attached hydrogen (secondary N) is 1. The number of Topliss-reactive ketones (excluding diaryl/α,β-unsaturated/α-hetero) is 1. The van der Waals surface area contributed by atoms with Crippen molar-refractivity contribution in [2.24, 2.45) is 0 Å². The standard InChI is InChI=1S/C17H20N2O4/c1-11-8-12(2)18-16(11)17(21)19-5-7-22-10-13(19)9-14(20)15-4-3-6-23-15/h3-4,6,8,13,18H,5,7,9-10H2,1-2H3/t13-/m0/s1. The number of aromatic amines is 1. The van der Waals surface area contributed by atoms with Crippen LogP contribution in [0.1, 0.15) is 38.7 Å². The Hall–Kier alpha value is -2.34. The lowest BCUT2D eigenvalue weighted by molar-refractivity contribution is -0.00334. The molecule has 2 aromatic rings. The van der Waals surface area contributed by atoms with E-state index >= 15 is 0 Å². The highest BCUT2D eigenvalue weighted by atomic mass is 16.5. The molecular formula is C17H20N2O4. The highest BCUT2D eigenvalue weighted by Gasteiger charge is 2.31. The van der Waals surface area contributed by atoms with E-state index < -0.39 is 0 Å². The molecule has 0 unspecified atom stereocenters. The number of ketones is 1. The molecule has 3 heterocycles. The number of hydrogen-bond donors (Lipinski definition) is 1. The molecule has 1 N–H and O–H groups in total. The molecule has 1 atom stereocenters. The zero-order chi connectivity index (χ0) is 16.4. The number of nitrogens with zero attached hydrogens (tertiary/aromatic N) is 1. The summed E-state index contributed by atoms with van der Waals surface area (Å²) in [4.78, 5) is 29.9. The number of amides is 1. The second-order valence-electron chi connectivity index (χ2n) is 5.84. The number of aromatic nitrogens is 1. The van der Waals surface area contributed by atoms with Crippen LogP contribution >= 0.6 is 0 Å². The first kappa shape index (κ1) is 15.6. The van der Waals surface area contributed by atoms with Crippen LogP contribution in [-0.4, -0.2) is 47.4 Å². The maximum Gasteiger partial charge on any atom is 0.270 e. The number of hydrogen-bond acceptors (Lipinski definition) is 4. The SMILES string of the molecule is Cc1cc(C)c(C(=O)N2CCOC[C@@H]2CC(=O)c2ccco2)[nH]1. The highest BCUT2D eigenvalue weighted by Crippen LogP contribution is 2.19. The lowest BCUT2D eigenvalue weighted by Crippen LogP contribution is -2.49. The fourth-order valence-electron chi connectivity index (χ4n) is 2.94. The monoisotopic (exact) mass is 316 g/mol. The number of morpholine rings is 1. The van der Waals surface area contributed by atoms with Crippen molar-refractivity contribution >= 4 is 11.7 Å². The Labute approximate surface area is 134 Å². The fourth-order valence-corrected chi connectivity index (χ4v) is 2.94. The average Bonchev–Trinajstić information content (AvgIpc) is 3.17. The van der Waals surface area contributed by atoms with Crippen molar-refractivity contribution < 1.29 is 18.7 Å². The van der Waals surface area contributed by atoms with Gasteiger partial charge in [-0.1, -0.05) is 0 Å². The maximum atomic E-state index is 12.8. The minimum atomic E-state index is -0.281. The summed E-state index contributed by atoms with van der Waals surface area (Å²) in [5, 5.41) is 0. The Balaban J connectivity index is 1.77. The van der Waals surface area contributed by atoms with Crippen LogP contribution in [0.15, 0.2) is 28.9 Å². The van der Waals surface area contributed by atoms with E-state index in [-0.39, 0.29) is 24.2 Å². The molecule has 0 spiro atoms. The molecular weight excluding hydrogens is 296 g/mol. The van der Waals surface area contributed by atoms with Gasteiger partial charge in [0.1, 0.15) is 5.69 Å². The number of carbonyl (C=O) groups excluding carboxylic acids is 2. The van der Waals surface area contributed by atoms with Gasteiger partial charge in [-0.3, -0.25) is 9.59 Å². The van der Waals surface area contributed by atoms with Crippen LogP contribution in [0.5, 0.6) is 0 Å². The molecule has 1 saturated heterocycles. The molecule has 0 bridgehead atoms.